The van der Waals surface area contributed by atoms with E-state index in [1.54, 1.807) is 6.07 Å². The first-order valence-electron chi connectivity index (χ1n) is 6.53. The molecule has 114 valence electrons. The van der Waals surface area contributed by atoms with Crippen molar-refractivity contribution in [2.24, 2.45) is 0 Å². The number of aromatic nitrogens is 1. The van der Waals surface area contributed by atoms with Crippen LogP contribution in [0.15, 0.2) is 60.6 Å². The van der Waals surface area contributed by atoms with Gasteiger partial charge in [-0.3, -0.25) is 0 Å². The zero-order chi connectivity index (χ0) is 15.9. The number of nitrogens with one attached hydrogen (secondary N) is 1. The molecule has 22 heavy (non-hydrogen) atoms. The van der Waals surface area contributed by atoms with Crippen LogP contribution in [0.3, 0.4) is 0 Å². The lowest BCUT2D eigenvalue weighted by atomic mass is 10.2. The molecule has 1 heterocycles. The molecule has 1 aromatic heterocycles. The molecule has 0 bridgehead atoms. The van der Waals surface area contributed by atoms with Gasteiger partial charge < -0.3 is 19.4 Å². The third-order valence-electron chi connectivity index (χ3n) is 2.92. The zero-order valence-corrected chi connectivity index (χ0v) is 12.3. The van der Waals surface area contributed by atoms with Crippen LogP contribution in [0.25, 0.3) is 5.69 Å². The first kappa shape index (κ1) is 15.4. The van der Waals surface area contributed by atoms with Crippen LogP contribution in [0.2, 0.25) is 0 Å². The molecule has 2 rings (SSSR count). The number of benzene rings is 1. The third-order valence-corrected chi connectivity index (χ3v) is 2.92. The molecule has 6 nitrogen and oxygen atoms in total. The summed E-state index contributed by atoms with van der Waals surface area (Å²) in [6, 6.07) is 11.2. The lowest BCUT2D eigenvalue weighted by molar-refractivity contribution is -0.138. The highest BCUT2D eigenvalue weighted by Gasteiger charge is 2.14. The molecule has 0 saturated heterocycles. The third kappa shape index (κ3) is 3.54. The average Bonchev–Trinajstić information content (AvgIpc) is 3.08. The smallest absolute Gasteiger partial charge is 0.354 e. The van der Waals surface area contributed by atoms with Crippen molar-refractivity contribution in [2.75, 3.05) is 19.5 Å². The minimum atomic E-state index is -0.660. The van der Waals surface area contributed by atoms with E-state index in [0.717, 1.165) is 11.8 Å². The summed E-state index contributed by atoms with van der Waals surface area (Å²) in [6.45, 7) is 0. The van der Waals surface area contributed by atoms with Crippen LogP contribution in [0.1, 0.15) is 0 Å². The standard InChI is InChI=1S/C16H16N2O4/c1-21-15(19)11-13(16(20)22-2)17-12-7-3-4-8-14(12)18-9-5-6-10-18/h3-11,17H,1-2H3/b13-11+. The Morgan fingerprint density at radius 1 is 1.05 bits per heavy atom. The minimum absolute atomic E-state index is 0.00560. The van der Waals surface area contributed by atoms with Gasteiger partial charge in [0.05, 0.1) is 31.7 Å². The van der Waals surface area contributed by atoms with E-state index in [1.807, 2.05) is 47.3 Å². The van der Waals surface area contributed by atoms with Crippen molar-refractivity contribution in [1.82, 2.24) is 4.57 Å². The van der Waals surface area contributed by atoms with Crippen LogP contribution in [0, 0.1) is 0 Å². The Bertz CT molecular complexity index is 690. The van der Waals surface area contributed by atoms with Crippen molar-refractivity contribution in [3.63, 3.8) is 0 Å². The van der Waals surface area contributed by atoms with Gasteiger partial charge in [-0.25, -0.2) is 9.59 Å². The number of ether oxygens (including phenoxy) is 2. The molecule has 0 spiro atoms. The van der Waals surface area contributed by atoms with Crippen LogP contribution in [0.4, 0.5) is 5.69 Å². The largest absolute Gasteiger partial charge is 0.466 e. The molecule has 0 fully saturated rings. The number of methoxy groups -OCH3 is 2. The lowest BCUT2D eigenvalue weighted by Crippen LogP contribution is -2.16. The molecule has 0 aliphatic carbocycles. The van der Waals surface area contributed by atoms with E-state index in [1.165, 1.54) is 14.2 Å². The first-order valence-corrected chi connectivity index (χ1v) is 6.53. The van der Waals surface area contributed by atoms with E-state index in [4.69, 9.17) is 0 Å². The average molecular weight is 300 g/mol. The maximum atomic E-state index is 11.8. The molecule has 1 N–H and O–H groups in total. The number of anilines is 1. The molecular formula is C16H16N2O4. The highest BCUT2D eigenvalue weighted by Crippen LogP contribution is 2.22. The second-order valence-corrected chi connectivity index (χ2v) is 4.31. The van der Waals surface area contributed by atoms with E-state index in [9.17, 15) is 9.59 Å². The first-order chi connectivity index (χ1) is 10.7. The Hall–Kier alpha value is -3.02. The predicted octanol–water partition coefficient (Wildman–Crippen LogP) is 2.12. The van der Waals surface area contributed by atoms with Gasteiger partial charge in [-0.1, -0.05) is 12.1 Å². The highest BCUT2D eigenvalue weighted by molar-refractivity contribution is 5.99. The summed E-state index contributed by atoms with van der Waals surface area (Å²) in [4.78, 5) is 23.2. The van der Waals surface area contributed by atoms with Crippen molar-refractivity contribution in [2.45, 2.75) is 0 Å². The highest BCUT2D eigenvalue weighted by atomic mass is 16.5. The topological polar surface area (TPSA) is 69.6 Å². The van der Waals surface area contributed by atoms with Gasteiger partial charge in [0.25, 0.3) is 0 Å². The second kappa shape index (κ2) is 7.12. The van der Waals surface area contributed by atoms with E-state index in [-0.39, 0.29) is 5.70 Å². The van der Waals surface area contributed by atoms with Crippen LogP contribution < -0.4 is 5.32 Å². The SMILES string of the molecule is COC(=O)/C=C(/Nc1ccccc1-n1cccc1)C(=O)OC. The molecule has 1 aromatic carbocycles. The van der Waals surface area contributed by atoms with Gasteiger partial charge in [0.2, 0.25) is 0 Å². The molecule has 0 aliphatic rings. The number of nitrogens with zero attached hydrogens (tertiary/aromatic N) is 1. The minimum Gasteiger partial charge on any atom is -0.466 e. The van der Waals surface area contributed by atoms with E-state index in [2.05, 4.69) is 14.8 Å². The van der Waals surface area contributed by atoms with Crippen LogP contribution in [0.5, 0.6) is 0 Å². The Labute approximate surface area is 128 Å². The van der Waals surface area contributed by atoms with E-state index >= 15 is 0 Å². The van der Waals surface area contributed by atoms with Gasteiger partial charge in [-0.2, -0.15) is 0 Å². The number of rotatable bonds is 5. The van der Waals surface area contributed by atoms with Gasteiger partial charge in [0, 0.05) is 12.4 Å². The van der Waals surface area contributed by atoms with Gasteiger partial charge >= 0.3 is 11.9 Å². The van der Waals surface area contributed by atoms with E-state index < -0.39 is 11.9 Å². The Kier molecular flexibility index (Phi) is 4.98. The van der Waals surface area contributed by atoms with Gasteiger partial charge in [0.1, 0.15) is 5.70 Å². The zero-order valence-electron chi connectivity index (χ0n) is 12.3. The molecule has 6 heteroatoms. The number of carbonyl (C=O) groups excluding carboxylic acids is 2. The molecule has 0 aliphatic heterocycles. The Morgan fingerprint density at radius 3 is 2.36 bits per heavy atom. The maximum absolute atomic E-state index is 11.8. The number of carbonyl (C=O) groups is 2. The van der Waals surface area contributed by atoms with Crippen LogP contribution in [-0.2, 0) is 19.1 Å². The summed E-state index contributed by atoms with van der Waals surface area (Å²) in [7, 11) is 2.48. The lowest BCUT2D eigenvalue weighted by Gasteiger charge is -2.14. The number of para-hydroxylation sites is 2. The Balaban J connectivity index is 2.37. The molecular weight excluding hydrogens is 284 g/mol. The van der Waals surface area contributed by atoms with Crippen LogP contribution >= 0.6 is 0 Å². The fraction of sp³-hybridized carbons (Fsp3) is 0.125. The number of hydrogen-bond acceptors (Lipinski definition) is 5. The molecule has 0 saturated carbocycles. The number of esters is 2. The van der Waals surface area contributed by atoms with E-state index in [0.29, 0.717) is 5.69 Å². The molecule has 0 amide bonds. The van der Waals surface area contributed by atoms with Gasteiger partial charge in [-0.15, -0.1) is 0 Å². The molecule has 0 atom stereocenters. The summed E-state index contributed by atoms with van der Waals surface area (Å²) < 4.78 is 11.1. The summed E-state index contributed by atoms with van der Waals surface area (Å²) in [6.07, 6.45) is 4.81. The Morgan fingerprint density at radius 2 is 1.73 bits per heavy atom. The quantitative estimate of drug-likeness (QED) is 0.676. The maximum Gasteiger partial charge on any atom is 0.354 e. The predicted molar refractivity (Wildman–Crippen MR) is 81.5 cm³/mol. The molecule has 2 aromatic rings. The summed E-state index contributed by atoms with van der Waals surface area (Å²) in [5.41, 5.74) is 1.47. The monoisotopic (exact) mass is 300 g/mol. The van der Waals surface area contributed by atoms with Crippen molar-refractivity contribution < 1.29 is 19.1 Å². The second-order valence-electron chi connectivity index (χ2n) is 4.31. The molecule has 0 radical (unpaired) electrons. The normalized spacial score (nSPS) is 10.9. The summed E-state index contributed by atoms with van der Waals surface area (Å²) in [5.74, 6) is -1.31. The fourth-order valence-corrected chi connectivity index (χ4v) is 1.88. The fourth-order valence-electron chi connectivity index (χ4n) is 1.88. The molecule has 0 unspecified atom stereocenters. The van der Waals surface area contributed by atoms with Crippen molar-refractivity contribution in [1.29, 1.82) is 0 Å². The van der Waals surface area contributed by atoms with Gasteiger partial charge in [0.15, 0.2) is 0 Å². The van der Waals surface area contributed by atoms with Crippen molar-refractivity contribution in [3.8, 4) is 5.69 Å². The van der Waals surface area contributed by atoms with Crippen LogP contribution in [-0.4, -0.2) is 30.7 Å². The van der Waals surface area contributed by atoms with Gasteiger partial charge in [-0.05, 0) is 24.3 Å². The van der Waals surface area contributed by atoms with Crippen molar-refractivity contribution >= 4 is 17.6 Å². The number of hydrogen-bond donors (Lipinski definition) is 1. The summed E-state index contributed by atoms with van der Waals surface area (Å²) in [5, 5.41) is 2.92. The van der Waals surface area contributed by atoms with Crippen molar-refractivity contribution in [3.05, 3.63) is 60.6 Å². The summed E-state index contributed by atoms with van der Waals surface area (Å²) >= 11 is 0.